The van der Waals surface area contributed by atoms with Gasteiger partial charge in [-0.3, -0.25) is 10.1 Å². The Kier molecular flexibility index (Phi) is 3.23. The van der Waals surface area contributed by atoms with Gasteiger partial charge in [-0.25, -0.2) is 4.63 Å². The van der Waals surface area contributed by atoms with Crippen molar-refractivity contribution in [2.24, 2.45) is 0 Å². The fourth-order valence-corrected chi connectivity index (χ4v) is 2.14. The number of nitrogens with zero attached hydrogens (tertiary/aromatic N) is 3. The molecule has 1 heterocycles. The molecule has 21 heavy (non-hydrogen) atoms. The molecule has 0 radical (unpaired) electrons. The zero-order valence-electron chi connectivity index (χ0n) is 11.2. The first-order chi connectivity index (χ1) is 10.2. The van der Waals surface area contributed by atoms with Gasteiger partial charge in [0.2, 0.25) is 5.52 Å². The molecule has 7 nitrogen and oxygen atoms in total. The number of non-ortho nitro benzene ring substituents is 1. The van der Waals surface area contributed by atoms with Crippen LogP contribution in [0.1, 0.15) is 11.1 Å². The number of hydrogen-bond donors (Lipinski definition) is 1. The van der Waals surface area contributed by atoms with Crippen molar-refractivity contribution in [3.63, 3.8) is 0 Å². The lowest BCUT2D eigenvalue weighted by molar-refractivity contribution is -0.383. The van der Waals surface area contributed by atoms with Crippen LogP contribution in [-0.2, 0) is 6.54 Å². The molecule has 0 aliphatic carbocycles. The summed E-state index contributed by atoms with van der Waals surface area (Å²) >= 11 is 0. The van der Waals surface area contributed by atoms with Crippen molar-refractivity contribution in [1.82, 2.24) is 10.3 Å². The van der Waals surface area contributed by atoms with Crippen LogP contribution in [0.4, 0.5) is 11.4 Å². The van der Waals surface area contributed by atoms with Crippen LogP contribution in [0.2, 0.25) is 0 Å². The minimum absolute atomic E-state index is 0.118. The Morgan fingerprint density at radius 1 is 1.19 bits per heavy atom. The second kappa shape index (κ2) is 5.20. The minimum Gasteiger partial charge on any atom is -0.379 e. The Morgan fingerprint density at radius 2 is 1.95 bits per heavy atom. The number of fused-ring (bicyclic) bond motifs is 1. The Labute approximate surface area is 119 Å². The summed E-state index contributed by atoms with van der Waals surface area (Å²) in [4.78, 5) is 10.4. The summed E-state index contributed by atoms with van der Waals surface area (Å²) in [6.07, 6.45) is 0. The predicted octanol–water partition coefficient (Wildman–Crippen LogP) is 3.05. The van der Waals surface area contributed by atoms with Crippen molar-refractivity contribution in [2.45, 2.75) is 13.5 Å². The standard InChI is InChI=1S/C14H12N4O3/c1-9-4-2-3-5-10(9)8-15-11-6-7-12(18(19)20)14-13(11)16-21-17-14/h2-7,15H,8H2,1H3. The van der Waals surface area contributed by atoms with Crippen LogP contribution in [0.25, 0.3) is 11.0 Å². The van der Waals surface area contributed by atoms with Crippen LogP contribution < -0.4 is 5.32 Å². The van der Waals surface area contributed by atoms with E-state index in [9.17, 15) is 10.1 Å². The number of aryl methyl sites for hydroxylation is 1. The van der Waals surface area contributed by atoms with E-state index in [2.05, 4.69) is 20.3 Å². The van der Waals surface area contributed by atoms with Crippen LogP contribution >= 0.6 is 0 Å². The average molecular weight is 284 g/mol. The number of benzene rings is 2. The molecular weight excluding hydrogens is 272 g/mol. The molecule has 0 aliphatic rings. The monoisotopic (exact) mass is 284 g/mol. The highest BCUT2D eigenvalue weighted by Crippen LogP contribution is 2.29. The Hall–Kier alpha value is -2.96. The molecule has 0 amide bonds. The van der Waals surface area contributed by atoms with Gasteiger partial charge >= 0.3 is 5.69 Å². The fourth-order valence-electron chi connectivity index (χ4n) is 2.14. The average Bonchev–Trinajstić information content (AvgIpc) is 2.95. The van der Waals surface area contributed by atoms with Crippen LogP contribution in [-0.4, -0.2) is 15.2 Å². The smallest absolute Gasteiger partial charge is 0.300 e. The lowest BCUT2D eigenvalue weighted by Crippen LogP contribution is -2.02. The van der Waals surface area contributed by atoms with Crippen molar-refractivity contribution >= 4 is 22.4 Å². The molecule has 1 N–H and O–H groups in total. The Bertz CT molecular complexity index is 813. The van der Waals surface area contributed by atoms with Gasteiger partial charge in [-0.1, -0.05) is 24.3 Å². The molecule has 0 fully saturated rings. The van der Waals surface area contributed by atoms with E-state index in [1.54, 1.807) is 6.07 Å². The van der Waals surface area contributed by atoms with Crippen molar-refractivity contribution < 1.29 is 9.55 Å². The number of nitrogens with one attached hydrogen (secondary N) is 1. The minimum atomic E-state index is -0.502. The first kappa shape index (κ1) is 13.0. The maximum absolute atomic E-state index is 10.9. The summed E-state index contributed by atoms with van der Waals surface area (Å²) in [5.74, 6) is 0. The van der Waals surface area contributed by atoms with E-state index in [4.69, 9.17) is 0 Å². The molecule has 3 aromatic rings. The molecule has 0 atom stereocenters. The van der Waals surface area contributed by atoms with Gasteiger partial charge in [0, 0.05) is 12.6 Å². The molecule has 106 valence electrons. The zero-order chi connectivity index (χ0) is 14.8. The topological polar surface area (TPSA) is 94.1 Å². The summed E-state index contributed by atoms with van der Waals surface area (Å²) in [7, 11) is 0. The van der Waals surface area contributed by atoms with Crippen LogP contribution in [0.5, 0.6) is 0 Å². The van der Waals surface area contributed by atoms with E-state index in [1.165, 1.54) is 11.6 Å². The zero-order valence-corrected chi connectivity index (χ0v) is 11.2. The molecule has 0 spiro atoms. The van der Waals surface area contributed by atoms with Crippen molar-refractivity contribution in [3.05, 3.63) is 57.6 Å². The molecule has 0 saturated carbocycles. The highest BCUT2D eigenvalue weighted by molar-refractivity contribution is 5.93. The van der Waals surface area contributed by atoms with Gasteiger partial charge in [0.05, 0.1) is 10.6 Å². The van der Waals surface area contributed by atoms with Gasteiger partial charge in [0.15, 0.2) is 5.52 Å². The molecule has 0 bridgehead atoms. The van der Waals surface area contributed by atoms with Gasteiger partial charge in [0.25, 0.3) is 0 Å². The summed E-state index contributed by atoms with van der Waals surface area (Å²) < 4.78 is 4.63. The lowest BCUT2D eigenvalue weighted by Gasteiger charge is -2.08. The second-order valence-corrected chi connectivity index (χ2v) is 4.63. The second-order valence-electron chi connectivity index (χ2n) is 4.63. The van der Waals surface area contributed by atoms with Gasteiger partial charge in [-0.2, -0.15) is 0 Å². The number of hydrogen-bond acceptors (Lipinski definition) is 6. The van der Waals surface area contributed by atoms with E-state index in [-0.39, 0.29) is 11.2 Å². The van der Waals surface area contributed by atoms with Gasteiger partial charge in [0.1, 0.15) is 0 Å². The largest absolute Gasteiger partial charge is 0.379 e. The summed E-state index contributed by atoms with van der Waals surface area (Å²) in [5, 5.41) is 21.5. The summed E-state index contributed by atoms with van der Waals surface area (Å²) in [6, 6.07) is 11.0. The normalized spacial score (nSPS) is 10.7. The summed E-state index contributed by atoms with van der Waals surface area (Å²) in [5.41, 5.74) is 3.35. The van der Waals surface area contributed by atoms with Crippen LogP contribution in [0.15, 0.2) is 41.0 Å². The maximum Gasteiger partial charge on any atom is 0.300 e. The molecule has 3 rings (SSSR count). The highest BCUT2D eigenvalue weighted by Gasteiger charge is 2.19. The molecule has 0 unspecified atom stereocenters. The van der Waals surface area contributed by atoms with Crippen molar-refractivity contribution in [1.29, 1.82) is 0 Å². The lowest BCUT2D eigenvalue weighted by atomic mass is 10.1. The third kappa shape index (κ3) is 2.40. The summed E-state index contributed by atoms with van der Waals surface area (Å²) in [6.45, 7) is 2.62. The highest BCUT2D eigenvalue weighted by atomic mass is 16.6. The SMILES string of the molecule is Cc1ccccc1CNc1ccc([N+](=O)[O-])c2nonc12. The van der Waals surface area contributed by atoms with Crippen molar-refractivity contribution in [3.8, 4) is 0 Å². The van der Waals surface area contributed by atoms with E-state index >= 15 is 0 Å². The first-order valence-corrected chi connectivity index (χ1v) is 6.35. The first-order valence-electron chi connectivity index (χ1n) is 6.35. The maximum atomic E-state index is 10.9. The number of rotatable bonds is 4. The number of anilines is 1. The van der Waals surface area contributed by atoms with Gasteiger partial charge in [-0.15, -0.1) is 0 Å². The van der Waals surface area contributed by atoms with E-state index in [1.807, 2.05) is 31.2 Å². The quantitative estimate of drug-likeness (QED) is 0.584. The molecule has 2 aromatic carbocycles. The molecule has 0 aliphatic heterocycles. The van der Waals surface area contributed by atoms with E-state index in [0.717, 1.165) is 5.56 Å². The Morgan fingerprint density at radius 3 is 2.71 bits per heavy atom. The predicted molar refractivity (Wildman–Crippen MR) is 77.0 cm³/mol. The van der Waals surface area contributed by atoms with E-state index < -0.39 is 4.92 Å². The third-order valence-electron chi connectivity index (χ3n) is 3.32. The van der Waals surface area contributed by atoms with Gasteiger partial charge < -0.3 is 5.32 Å². The van der Waals surface area contributed by atoms with E-state index in [0.29, 0.717) is 17.7 Å². The van der Waals surface area contributed by atoms with Crippen LogP contribution in [0, 0.1) is 17.0 Å². The molecule has 7 heteroatoms. The molecular formula is C14H12N4O3. The molecule has 0 saturated heterocycles. The Balaban J connectivity index is 1.92. The number of nitro groups is 1. The van der Waals surface area contributed by atoms with Gasteiger partial charge in [-0.05, 0) is 34.4 Å². The van der Waals surface area contributed by atoms with Crippen LogP contribution in [0.3, 0.4) is 0 Å². The van der Waals surface area contributed by atoms with Crippen molar-refractivity contribution in [2.75, 3.05) is 5.32 Å². The fraction of sp³-hybridized carbons (Fsp3) is 0.143. The third-order valence-corrected chi connectivity index (χ3v) is 3.32. The number of nitro benzene ring substituents is 1. The molecule has 1 aromatic heterocycles. The number of aromatic nitrogens is 2.